The Morgan fingerprint density at radius 3 is 2.33 bits per heavy atom. The molecule has 0 spiro atoms. The molecule has 142 valence electrons. The van der Waals surface area contributed by atoms with Gasteiger partial charge in [0.25, 0.3) is 5.91 Å². The molecule has 1 aliphatic rings. The van der Waals surface area contributed by atoms with E-state index in [2.05, 4.69) is 5.32 Å². The third-order valence-corrected chi connectivity index (χ3v) is 4.72. The van der Waals surface area contributed by atoms with Crippen LogP contribution in [0.2, 0.25) is 0 Å². The van der Waals surface area contributed by atoms with Crippen molar-refractivity contribution in [2.24, 2.45) is 0 Å². The van der Waals surface area contributed by atoms with Crippen molar-refractivity contribution in [3.05, 3.63) is 47.7 Å². The second-order valence-electron chi connectivity index (χ2n) is 6.71. The molecular weight excluding hydrogens is 350 g/mol. The molecule has 0 radical (unpaired) electrons. The fraction of sp³-hybridized carbons (Fsp3) is 0.350. The van der Waals surface area contributed by atoms with Crippen molar-refractivity contribution in [2.45, 2.75) is 31.7 Å². The molecule has 2 aromatic rings. The first-order valence-corrected chi connectivity index (χ1v) is 8.72. The van der Waals surface area contributed by atoms with E-state index in [0.717, 1.165) is 5.56 Å². The number of Topliss-reactive ketones (excluding diaryl/α,β-unsaturated/α-hetero) is 1. The first-order chi connectivity index (χ1) is 12.9. The predicted octanol–water partition coefficient (Wildman–Crippen LogP) is 2.90. The predicted molar refractivity (Wildman–Crippen MR) is 96.7 cm³/mol. The lowest BCUT2D eigenvalue weighted by Crippen LogP contribution is -2.53. The van der Waals surface area contributed by atoms with Gasteiger partial charge >= 0.3 is 5.97 Å². The average Bonchev–Trinajstić information content (AvgIpc) is 3.12. The molecule has 1 amide bonds. The Hall–Kier alpha value is -2.93. The number of ether oxygens (including phenoxy) is 1. The number of ketones is 1. The highest BCUT2D eigenvalue weighted by atomic mass is 16.5. The second kappa shape index (κ2) is 7.75. The van der Waals surface area contributed by atoms with Crippen LogP contribution in [0.4, 0.5) is 0 Å². The summed E-state index contributed by atoms with van der Waals surface area (Å²) in [5, 5.41) is 12.0. The SMILES string of the molecule is CC(=O)c1ccc(-c2ccc(C(=O)NC3(CC(=O)O)CCOCC3)o2)cc1. The van der Waals surface area contributed by atoms with Gasteiger partial charge in [-0.3, -0.25) is 14.4 Å². The molecule has 1 aromatic heterocycles. The van der Waals surface area contributed by atoms with E-state index in [1.807, 2.05) is 0 Å². The first-order valence-electron chi connectivity index (χ1n) is 8.72. The van der Waals surface area contributed by atoms with Crippen molar-refractivity contribution < 1.29 is 28.6 Å². The van der Waals surface area contributed by atoms with Gasteiger partial charge in [-0.25, -0.2) is 0 Å². The summed E-state index contributed by atoms with van der Waals surface area (Å²) in [6, 6.07) is 10.1. The van der Waals surface area contributed by atoms with Crippen LogP contribution in [0, 0.1) is 0 Å². The number of benzene rings is 1. The zero-order chi connectivity index (χ0) is 19.4. The van der Waals surface area contributed by atoms with Gasteiger partial charge in [0.1, 0.15) is 5.76 Å². The average molecular weight is 371 g/mol. The number of nitrogens with one attached hydrogen (secondary N) is 1. The van der Waals surface area contributed by atoms with Gasteiger partial charge in [0, 0.05) is 24.3 Å². The first kappa shape index (κ1) is 18.8. The van der Waals surface area contributed by atoms with E-state index in [4.69, 9.17) is 9.15 Å². The topological polar surface area (TPSA) is 106 Å². The zero-order valence-electron chi connectivity index (χ0n) is 15.0. The van der Waals surface area contributed by atoms with Crippen molar-refractivity contribution in [3.63, 3.8) is 0 Å². The Kier molecular flexibility index (Phi) is 5.41. The molecule has 7 nitrogen and oxygen atoms in total. The molecule has 27 heavy (non-hydrogen) atoms. The van der Waals surface area contributed by atoms with E-state index in [1.54, 1.807) is 36.4 Å². The van der Waals surface area contributed by atoms with Gasteiger partial charge in [-0.2, -0.15) is 0 Å². The van der Waals surface area contributed by atoms with Gasteiger partial charge in [0.15, 0.2) is 11.5 Å². The van der Waals surface area contributed by atoms with Crippen LogP contribution in [0.25, 0.3) is 11.3 Å². The summed E-state index contributed by atoms with van der Waals surface area (Å²) in [7, 11) is 0. The van der Waals surface area contributed by atoms with Crippen molar-refractivity contribution in [3.8, 4) is 11.3 Å². The minimum absolute atomic E-state index is 0.0266. The number of hydrogen-bond acceptors (Lipinski definition) is 5. The number of carbonyl (C=O) groups is 3. The highest BCUT2D eigenvalue weighted by molar-refractivity contribution is 5.95. The third-order valence-electron chi connectivity index (χ3n) is 4.72. The molecule has 0 unspecified atom stereocenters. The summed E-state index contributed by atoms with van der Waals surface area (Å²) in [6.07, 6.45) is 0.707. The molecule has 1 aromatic carbocycles. The van der Waals surface area contributed by atoms with Gasteiger partial charge in [-0.05, 0) is 31.9 Å². The number of aliphatic carboxylic acids is 1. The number of furan rings is 1. The van der Waals surface area contributed by atoms with E-state index in [-0.39, 0.29) is 18.0 Å². The van der Waals surface area contributed by atoms with Crippen LogP contribution < -0.4 is 5.32 Å². The Balaban J connectivity index is 1.75. The summed E-state index contributed by atoms with van der Waals surface area (Å²) in [5.74, 6) is -0.847. The van der Waals surface area contributed by atoms with Gasteiger partial charge in [-0.15, -0.1) is 0 Å². The molecule has 2 heterocycles. The molecule has 7 heteroatoms. The largest absolute Gasteiger partial charge is 0.481 e. The molecule has 1 aliphatic heterocycles. The summed E-state index contributed by atoms with van der Waals surface area (Å²) in [6.45, 7) is 2.30. The number of carboxylic acids is 1. The van der Waals surface area contributed by atoms with E-state index < -0.39 is 17.4 Å². The molecule has 0 saturated carbocycles. The van der Waals surface area contributed by atoms with E-state index >= 15 is 0 Å². The maximum Gasteiger partial charge on any atom is 0.305 e. The minimum atomic E-state index is -0.970. The van der Waals surface area contributed by atoms with Gasteiger partial charge in [0.05, 0.1) is 12.0 Å². The highest BCUT2D eigenvalue weighted by Gasteiger charge is 2.37. The standard InChI is InChI=1S/C20H21NO6/c1-13(22)14-2-4-15(5-3-14)16-6-7-17(27-16)19(25)21-20(12-18(23)24)8-10-26-11-9-20/h2-7H,8-12H2,1H3,(H,21,25)(H,23,24). The number of carbonyl (C=O) groups excluding carboxylic acids is 2. The minimum Gasteiger partial charge on any atom is -0.481 e. The maximum absolute atomic E-state index is 12.6. The summed E-state index contributed by atoms with van der Waals surface area (Å²) in [4.78, 5) is 35.2. The molecule has 0 aliphatic carbocycles. The lowest BCUT2D eigenvalue weighted by atomic mass is 9.86. The smallest absolute Gasteiger partial charge is 0.305 e. The van der Waals surface area contributed by atoms with Crippen LogP contribution >= 0.6 is 0 Å². The Morgan fingerprint density at radius 2 is 1.74 bits per heavy atom. The number of hydrogen-bond donors (Lipinski definition) is 2. The fourth-order valence-corrected chi connectivity index (χ4v) is 3.18. The lowest BCUT2D eigenvalue weighted by molar-refractivity contribution is -0.139. The van der Waals surface area contributed by atoms with Crippen LogP contribution in [0.1, 0.15) is 47.1 Å². The summed E-state index contributed by atoms with van der Waals surface area (Å²) in [5.41, 5.74) is 0.501. The van der Waals surface area contributed by atoms with E-state index in [1.165, 1.54) is 6.92 Å². The zero-order valence-corrected chi connectivity index (χ0v) is 15.0. The molecule has 1 fully saturated rings. The van der Waals surface area contributed by atoms with E-state index in [9.17, 15) is 19.5 Å². The Labute approximate surface area is 156 Å². The van der Waals surface area contributed by atoms with Gasteiger partial charge < -0.3 is 19.6 Å². The maximum atomic E-state index is 12.6. The molecule has 3 rings (SSSR count). The number of amides is 1. The van der Waals surface area contributed by atoms with Crippen LogP contribution in [0.15, 0.2) is 40.8 Å². The van der Waals surface area contributed by atoms with Crippen LogP contribution in [-0.4, -0.2) is 41.5 Å². The van der Waals surface area contributed by atoms with E-state index in [0.29, 0.717) is 37.4 Å². The second-order valence-corrected chi connectivity index (χ2v) is 6.71. The molecular formula is C20H21NO6. The van der Waals surface area contributed by atoms with Crippen molar-refractivity contribution in [1.29, 1.82) is 0 Å². The summed E-state index contributed by atoms with van der Waals surface area (Å²) < 4.78 is 10.9. The molecule has 2 N–H and O–H groups in total. The quantitative estimate of drug-likeness (QED) is 0.757. The molecule has 0 bridgehead atoms. The fourth-order valence-electron chi connectivity index (χ4n) is 3.18. The van der Waals surface area contributed by atoms with Crippen LogP contribution in [0.5, 0.6) is 0 Å². The number of rotatable bonds is 6. The molecule has 1 saturated heterocycles. The Bertz CT molecular complexity index is 846. The molecule has 0 atom stereocenters. The monoisotopic (exact) mass is 371 g/mol. The van der Waals surface area contributed by atoms with Gasteiger partial charge in [0.2, 0.25) is 0 Å². The van der Waals surface area contributed by atoms with Crippen molar-refractivity contribution in [2.75, 3.05) is 13.2 Å². The van der Waals surface area contributed by atoms with Crippen molar-refractivity contribution >= 4 is 17.7 Å². The van der Waals surface area contributed by atoms with Gasteiger partial charge in [-0.1, -0.05) is 24.3 Å². The third kappa shape index (κ3) is 4.43. The highest BCUT2D eigenvalue weighted by Crippen LogP contribution is 2.27. The number of carboxylic acid groups (broad SMARTS) is 1. The van der Waals surface area contributed by atoms with Crippen molar-refractivity contribution in [1.82, 2.24) is 5.32 Å². The lowest BCUT2D eigenvalue weighted by Gasteiger charge is -2.36. The normalized spacial score (nSPS) is 15.9. The summed E-state index contributed by atoms with van der Waals surface area (Å²) >= 11 is 0. The van der Waals surface area contributed by atoms with Crippen LogP contribution in [-0.2, 0) is 9.53 Å². The van der Waals surface area contributed by atoms with Crippen LogP contribution in [0.3, 0.4) is 0 Å². The Morgan fingerprint density at radius 1 is 1.07 bits per heavy atom.